The number of benzene rings is 1. The van der Waals surface area contributed by atoms with E-state index in [0.717, 1.165) is 35.3 Å². The van der Waals surface area contributed by atoms with Crippen LogP contribution in [0.3, 0.4) is 0 Å². The molecule has 0 bridgehead atoms. The van der Waals surface area contributed by atoms with Crippen molar-refractivity contribution in [3.8, 4) is 5.75 Å². The van der Waals surface area contributed by atoms with Crippen molar-refractivity contribution in [2.24, 2.45) is 0 Å². The molecule has 0 saturated heterocycles. The molecule has 2 aromatic heterocycles. The van der Waals surface area contributed by atoms with Crippen LogP contribution >= 0.6 is 11.3 Å². The first-order chi connectivity index (χ1) is 18.0. The van der Waals surface area contributed by atoms with Crippen molar-refractivity contribution >= 4 is 34.3 Å². The van der Waals surface area contributed by atoms with Crippen molar-refractivity contribution in [3.05, 3.63) is 66.9 Å². The van der Waals surface area contributed by atoms with Crippen LogP contribution in [-0.2, 0) is 0 Å². The molecule has 1 amide bonds. The van der Waals surface area contributed by atoms with Gasteiger partial charge in [0.05, 0.1) is 17.3 Å². The summed E-state index contributed by atoms with van der Waals surface area (Å²) >= 11 is 0.853. The minimum atomic E-state index is -4.78. The summed E-state index contributed by atoms with van der Waals surface area (Å²) in [7, 11) is 2.98. The number of aromatic nitrogens is 2. The molecule has 38 heavy (non-hydrogen) atoms. The molecule has 1 fully saturated rings. The maximum absolute atomic E-state index is 14.1. The molecule has 4 N–H and O–H groups in total. The Morgan fingerprint density at radius 1 is 1.13 bits per heavy atom. The van der Waals surface area contributed by atoms with Gasteiger partial charge in [0.1, 0.15) is 11.4 Å². The fourth-order valence-electron chi connectivity index (χ4n) is 4.51. The zero-order valence-electron chi connectivity index (χ0n) is 20.8. The average Bonchev–Trinajstić information content (AvgIpc) is 3.40. The lowest BCUT2D eigenvalue weighted by atomic mass is 9.95. The number of nitrogens with zero attached hydrogens (tertiary/aromatic N) is 2. The first-order valence-corrected chi connectivity index (χ1v) is 12.9. The number of carbonyl (C=O) groups is 1. The molecule has 3 aromatic rings. The number of phenols is 1. The van der Waals surface area contributed by atoms with Gasteiger partial charge in [0, 0.05) is 19.0 Å². The molecular weight excluding hydrogens is 523 g/mol. The highest BCUT2D eigenvalue weighted by atomic mass is 32.1. The molecule has 1 atom stereocenters. The van der Waals surface area contributed by atoms with Gasteiger partial charge in [0.15, 0.2) is 11.8 Å². The lowest BCUT2D eigenvalue weighted by molar-refractivity contribution is -0.143. The summed E-state index contributed by atoms with van der Waals surface area (Å²) < 4.78 is 43.3. The first kappa shape index (κ1) is 27.3. The van der Waals surface area contributed by atoms with Crippen molar-refractivity contribution in [2.45, 2.75) is 50.4 Å². The predicted molar refractivity (Wildman–Crippen MR) is 140 cm³/mol. The Hall–Kier alpha value is -3.74. The third-order valence-electron chi connectivity index (χ3n) is 6.45. The van der Waals surface area contributed by atoms with Crippen LogP contribution in [-0.4, -0.2) is 46.0 Å². The van der Waals surface area contributed by atoms with Gasteiger partial charge in [-0.1, -0.05) is 31.4 Å². The number of hydrogen-bond donors (Lipinski definition) is 4. The van der Waals surface area contributed by atoms with E-state index in [1.54, 1.807) is 0 Å². The molecule has 9 nitrogen and oxygen atoms in total. The molecule has 13 heteroatoms. The summed E-state index contributed by atoms with van der Waals surface area (Å²) in [6.07, 6.45) is -0.874. The fraction of sp³-hybridized carbons (Fsp3) is 0.400. The number of anilines is 3. The number of aromatic amines is 1. The number of carbonyl (C=O) groups excluding carboxylic acids is 1. The van der Waals surface area contributed by atoms with Gasteiger partial charge in [-0.3, -0.25) is 19.5 Å². The van der Waals surface area contributed by atoms with E-state index in [4.69, 9.17) is 0 Å². The van der Waals surface area contributed by atoms with Crippen LogP contribution in [0.1, 0.15) is 59.4 Å². The first-order valence-electron chi connectivity index (χ1n) is 12.0. The lowest BCUT2D eigenvalue weighted by Crippen LogP contribution is -2.38. The van der Waals surface area contributed by atoms with Crippen LogP contribution in [0.15, 0.2) is 45.3 Å². The van der Waals surface area contributed by atoms with Crippen LogP contribution < -0.4 is 21.8 Å². The number of phenolic OH excluding ortho intramolecular Hbond substituents is 1. The van der Waals surface area contributed by atoms with Crippen LogP contribution in [0, 0.1) is 0 Å². The van der Waals surface area contributed by atoms with E-state index in [1.165, 1.54) is 54.7 Å². The van der Waals surface area contributed by atoms with E-state index in [2.05, 4.69) is 15.7 Å². The SMILES string of the molecule is CN(C)C(=O)c1cccc(Nc2c(N[C@@H](c3cccs3)C(F)(F)F)c(=O)[nH]n(C3CCCCC3)c2=O)c1O. The summed E-state index contributed by atoms with van der Waals surface area (Å²) in [5, 5.41) is 19.6. The molecular formula is C25H28F3N5O4S. The Bertz CT molecular complexity index is 1410. The third-order valence-corrected chi connectivity index (χ3v) is 7.38. The smallest absolute Gasteiger partial charge is 0.413 e. The van der Waals surface area contributed by atoms with Crippen molar-refractivity contribution in [2.75, 3.05) is 24.7 Å². The zero-order valence-corrected chi connectivity index (χ0v) is 21.6. The van der Waals surface area contributed by atoms with E-state index in [9.17, 15) is 32.7 Å². The Balaban J connectivity index is 1.86. The molecule has 0 radical (unpaired) electrons. The van der Waals surface area contributed by atoms with Crippen molar-refractivity contribution in [1.82, 2.24) is 14.7 Å². The van der Waals surface area contributed by atoms with Gasteiger partial charge < -0.3 is 20.6 Å². The van der Waals surface area contributed by atoms with Crippen molar-refractivity contribution < 1.29 is 23.1 Å². The second-order valence-corrected chi connectivity index (χ2v) is 10.3. The topological polar surface area (TPSA) is 119 Å². The standard InChI is InChI=1S/C25H28F3N5O4S/c1-32(2)23(36)15-10-6-11-16(20(15)34)29-19-18(30-21(25(26,27)28)17-12-7-13-38-17)22(35)31-33(24(19)37)14-8-4-3-5-9-14/h6-7,10-14,21,29-30,34H,3-5,8-9H2,1-2H3,(H,31,35)/t21-/m0/s1. The number of hydrogen-bond acceptors (Lipinski definition) is 7. The molecule has 2 heterocycles. The van der Waals surface area contributed by atoms with E-state index in [-0.39, 0.29) is 22.2 Å². The summed E-state index contributed by atoms with van der Waals surface area (Å²) in [5.41, 5.74) is -2.97. The maximum atomic E-state index is 14.1. The second kappa shape index (κ2) is 10.9. The van der Waals surface area contributed by atoms with Crippen LogP contribution in [0.4, 0.5) is 30.2 Å². The number of para-hydroxylation sites is 1. The molecule has 204 valence electrons. The monoisotopic (exact) mass is 551 g/mol. The maximum Gasteiger partial charge on any atom is 0.413 e. The molecule has 1 aliphatic carbocycles. The minimum Gasteiger partial charge on any atom is -0.505 e. The highest BCUT2D eigenvalue weighted by molar-refractivity contribution is 7.10. The largest absolute Gasteiger partial charge is 0.505 e. The number of halogens is 3. The third kappa shape index (κ3) is 5.57. The number of H-pyrrole nitrogens is 1. The highest BCUT2D eigenvalue weighted by Gasteiger charge is 2.42. The van der Waals surface area contributed by atoms with Gasteiger partial charge in [-0.25, -0.2) is 4.68 Å². The summed E-state index contributed by atoms with van der Waals surface area (Å²) in [6, 6.07) is 4.32. The number of amides is 1. The second-order valence-electron chi connectivity index (χ2n) is 9.32. The highest BCUT2D eigenvalue weighted by Crippen LogP contribution is 2.39. The number of rotatable bonds is 7. The predicted octanol–water partition coefficient (Wildman–Crippen LogP) is 4.97. The van der Waals surface area contributed by atoms with E-state index < -0.39 is 46.4 Å². The Morgan fingerprint density at radius 2 is 1.84 bits per heavy atom. The Kier molecular flexibility index (Phi) is 7.86. The number of alkyl halides is 3. The quantitative estimate of drug-likeness (QED) is 0.308. The summed E-state index contributed by atoms with van der Waals surface area (Å²) in [4.78, 5) is 40.5. The molecule has 1 aliphatic rings. The van der Waals surface area contributed by atoms with Gasteiger partial charge in [-0.05, 0) is 36.4 Å². The summed E-state index contributed by atoms with van der Waals surface area (Å²) in [5.74, 6) is -1.03. The molecule has 0 spiro atoms. The summed E-state index contributed by atoms with van der Waals surface area (Å²) in [6.45, 7) is 0. The van der Waals surface area contributed by atoms with Gasteiger partial charge in [0.2, 0.25) is 0 Å². The zero-order chi connectivity index (χ0) is 27.6. The Morgan fingerprint density at radius 3 is 2.45 bits per heavy atom. The number of thiophene rings is 1. The molecule has 4 rings (SSSR count). The van der Waals surface area contributed by atoms with Crippen LogP contribution in [0.2, 0.25) is 0 Å². The van der Waals surface area contributed by atoms with Gasteiger partial charge in [-0.2, -0.15) is 13.2 Å². The van der Waals surface area contributed by atoms with Gasteiger partial charge in [0.25, 0.3) is 17.0 Å². The normalized spacial score (nSPS) is 15.2. The van der Waals surface area contributed by atoms with Crippen molar-refractivity contribution in [1.29, 1.82) is 0 Å². The van der Waals surface area contributed by atoms with Gasteiger partial charge in [-0.15, -0.1) is 11.3 Å². The van der Waals surface area contributed by atoms with Crippen molar-refractivity contribution in [3.63, 3.8) is 0 Å². The minimum absolute atomic E-state index is 0.0845. The molecule has 0 aliphatic heterocycles. The fourth-order valence-corrected chi connectivity index (χ4v) is 5.31. The lowest BCUT2D eigenvalue weighted by Gasteiger charge is -2.26. The van der Waals surface area contributed by atoms with Crippen LogP contribution in [0.25, 0.3) is 0 Å². The average molecular weight is 552 g/mol. The van der Waals surface area contributed by atoms with E-state index >= 15 is 0 Å². The number of aromatic hydroxyl groups is 1. The number of nitrogens with one attached hydrogen (secondary N) is 3. The molecule has 1 saturated carbocycles. The molecule has 1 aromatic carbocycles. The Labute approximate surface area is 219 Å². The van der Waals surface area contributed by atoms with E-state index in [0.29, 0.717) is 12.8 Å². The molecule has 0 unspecified atom stereocenters. The van der Waals surface area contributed by atoms with E-state index in [1.807, 2.05) is 0 Å². The van der Waals surface area contributed by atoms with Gasteiger partial charge >= 0.3 is 6.18 Å². The van der Waals surface area contributed by atoms with Crippen LogP contribution in [0.5, 0.6) is 5.75 Å².